The summed E-state index contributed by atoms with van der Waals surface area (Å²) in [6.07, 6.45) is -0.136. The number of carbonyl (C=O) groups is 4. The van der Waals surface area contributed by atoms with Crippen molar-refractivity contribution in [3.63, 3.8) is 0 Å². The van der Waals surface area contributed by atoms with E-state index >= 15 is 0 Å². The highest BCUT2D eigenvalue weighted by Crippen LogP contribution is 2.08. The molecule has 0 amide bonds. The normalized spacial score (nSPS) is 10.1. The van der Waals surface area contributed by atoms with Crippen LogP contribution in [0.5, 0.6) is 0 Å². The maximum Gasteiger partial charge on any atom is 0.306 e. The van der Waals surface area contributed by atoms with Crippen LogP contribution in [0.25, 0.3) is 0 Å². The van der Waals surface area contributed by atoms with Crippen LogP contribution in [0, 0.1) is 0 Å². The first kappa shape index (κ1) is 19.5. The van der Waals surface area contributed by atoms with Crippen molar-refractivity contribution in [1.29, 1.82) is 0 Å². The third-order valence-electron chi connectivity index (χ3n) is 3.04. The summed E-state index contributed by atoms with van der Waals surface area (Å²) in [5.74, 6) is -1.59. The Morgan fingerprint density at radius 2 is 1.21 bits per heavy atom. The zero-order chi connectivity index (χ0) is 17.9. The van der Waals surface area contributed by atoms with E-state index in [0.717, 1.165) is 0 Å². The van der Waals surface area contributed by atoms with E-state index in [4.69, 9.17) is 9.47 Å². The van der Waals surface area contributed by atoms with Gasteiger partial charge in [0.15, 0.2) is 11.6 Å². The molecule has 0 spiro atoms. The zero-order valence-corrected chi connectivity index (χ0v) is 13.9. The molecule has 0 atom stereocenters. The lowest BCUT2D eigenvalue weighted by molar-refractivity contribution is -0.143. The summed E-state index contributed by atoms with van der Waals surface area (Å²) in [7, 11) is 0. The smallest absolute Gasteiger partial charge is 0.306 e. The summed E-state index contributed by atoms with van der Waals surface area (Å²) in [6.45, 7) is 3.89. The van der Waals surface area contributed by atoms with Crippen LogP contribution >= 0.6 is 0 Å². The fourth-order valence-electron chi connectivity index (χ4n) is 1.90. The van der Waals surface area contributed by atoms with E-state index in [1.54, 1.807) is 19.9 Å². The van der Waals surface area contributed by atoms with Gasteiger partial charge >= 0.3 is 11.9 Å². The van der Waals surface area contributed by atoms with Gasteiger partial charge in [-0.05, 0) is 26.0 Å². The first-order valence-electron chi connectivity index (χ1n) is 7.82. The number of carbonyl (C=O) groups excluding carboxylic acids is 4. The first-order valence-corrected chi connectivity index (χ1v) is 7.82. The third kappa shape index (κ3) is 6.68. The van der Waals surface area contributed by atoms with E-state index in [2.05, 4.69) is 4.98 Å². The van der Waals surface area contributed by atoms with E-state index in [1.165, 1.54) is 12.1 Å². The molecule has 7 nitrogen and oxygen atoms in total. The number of hydrogen-bond donors (Lipinski definition) is 0. The molecule has 1 heterocycles. The summed E-state index contributed by atoms with van der Waals surface area (Å²) in [4.78, 5) is 50.6. The van der Waals surface area contributed by atoms with E-state index in [1.807, 2.05) is 0 Å². The standard InChI is InChI=1S/C17H21NO6/c1-3-23-16(21)10-8-14(19)12-6-5-7-13(18-12)15(20)9-11-17(22)24-4-2/h5-7H,3-4,8-11H2,1-2H3. The van der Waals surface area contributed by atoms with Crippen LogP contribution in [0.4, 0.5) is 0 Å². The van der Waals surface area contributed by atoms with Crippen LogP contribution in [0.15, 0.2) is 18.2 Å². The second kappa shape index (κ2) is 10.3. The molecule has 0 saturated carbocycles. The lowest BCUT2D eigenvalue weighted by Gasteiger charge is -2.04. The molecule has 0 unspecified atom stereocenters. The van der Waals surface area contributed by atoms with Gasteiger partial charge in [-0.3, -0.25) is 19.2 Å². The lowest BCUT2D eigenvalue weighted by atomic mass is 10.1. The van der Waals surface area contributed by atoms with Gasteiger partial charge in [-0.2, -0.15) is 0 Å². The molecule has 0 saturated heterocycles. The molecule has 0 aliphatic carbocycles. The molecule has 24 heavy (non-hydrogen) atoms. The predicted octanol–water partition coefficient (Wildman–Crippen LogP) is 2.13. The highest BCUT2D eigenvalue weighted by atomic mass is 16.5. The molecule has 1 aromatic heterocycles. The number of Topliss-reactive ketones (excluding diaryl/α,β-unsaturated/α-hetero) is 2. The molecule has 0 aromatic carbocycles. The van der Waals surface area contributed by atoms with Crippen molar-refractivity contribution in [2.75, 3.05) is 13.2 Å². The van der Waals surface area contributed by atoms with Crippen molar-refractivity contribution in [3.05, 3.63) is 29.6 Å². The number of nitrogens with zero attached hydrogens (tertiary/aromatic N) is 1. The Kier molecular flexibility index (Phi) is 8.32. The fraction of sp³-hybridized carbons (Fsp3) is 0.471. The molecule has 0 aliphatic heterocycles. The highest BCUT2D eigenvalue weighted by molar-refractivity contribution is 5.99. The molecular weight excluding hydrogens is 314 g/mol. The molecular formula is C17H21NO6. The highest BCUT2D eigenvalue weighted by Gasteiger charge is 2.15. The largest absolute Gasteiger partial charge is 0.466 e. The van der Waals surface area contributed by atoms with Crippen molar-refractivity contribution in [1.82, 2.24) is 4.98 Å². The molecule has 130 valence electrons. The first-order chi connectivity index (χ1) is 11.5. The summed E-state index contributed by atoms with van der Waals surface area (Å²) < 4.78 is 9.51. The quantitative estimate of drug-likeness (QED) is 0.477. The Labute approximate surface area is 140 Å². The number of esters is 2. The maximum absolute atomic E-state index is 12.0. The fourth-order valence-corrected chi connectivity index (χ4v) is 1.90. The molecule has 0 aliphatic rings. The van der Waals surface area contributed by atoms with Crippen molar-refractivity contribution in [2.24, 2.45) is 0 Å². The van der Waals surface area contributed by atoms with Crippen molar-refractivity contribution >= 4 is 23.5 Å². The number of rotatable bonds is 10. The molecule has 1 rings (SSSR count). The van der Waals surface area contributed by atoms with Crippen molar-refractivity contribution in [3.8, 4) is 0 Å². The van der Waals surface area contributed by atoms with Crippen LogP contribution in [0.2, 0.25) is 0 Å². The van der Waals surface area contributed by atoms with Gasteiger partial charge in [0.1, 0.15) is 11.4 Å². The minimum atomic E-state index is -0.451. The predicted molar refractivity (Wildman–Crippen MR) is 84.6 cm³/mol. The summed E-state index contributed by atoms with van der Waals surface area (Å²) in [5.41, 5.74) is 0.225. The van der Waals surface area contributed by atoms with E-state index in [-0.39, 0.29) is 61.9 Å². The topological polar surface area (TPSA) is 99.6 Å². The summed E-state index contributed by atoms with van der Waals surface area (Å²) >= 11 is 0. The van der Waals surface area contributed by atoms with Crippen LogP contribution in [0.3, 0.4) is 0 Å². The van der Waals surface area contributed by atoms with Crippen LogP contribution in [-0.4, -0.2) is 41.7 Å². The monoisotopic (exact) mass is 335 g/mol. The Morgan fingerprint density at radius 3 is 1.58 bits per heavy atom. The van der Waals surface area contributed by atoms with Gasteiger partial charge in [0.2, 0.25) is 0 Å². The van der Waals surface area contributed by atoms with Gasteiger partial charge in [0, 0.05) is 12.8 Å². The Balaban J connectivity index is 2.62. The van der Waals surface area contributed by atoms with E-state index in [9.17, 15) is 19.2 Å². The van der Waals surface area contributed by atoms with Gasteiger partial charge in [0.25, 0.3) is 0 Å². The average molecular weight is 335 g/mol. The van der Waals surface area contributed by atoms with Gasteiger partial charge in [-0.15, -0.1) is 0 Å². The lowest BCUT2D eigenvalue weighted by Crippen LogP contribution is -2.12. The Morgan fingerprint density at radius 1 is 0.792 bits per heavy atom. The number of aromatic nitrogens is 1. The van der Waals surface area contributed by atoms with E-state index in [0.29, 0.717) is 0 Å². The zero-order valence-electron chi connectivity index (χ0n) is 13.9. The second-order valence-electron chi connectivity index (χ2n) is 4.86. The molecule has 0 radical (unpaired) electrons. The minimum absolute atomic E-state index is 0.0324. The Bertz CT molecular complexity index is 562. The van der Waals surface area contributed by atoms with Gasteiger partial charge in [-0.25, -0.2) is 4.98 Å². The number of ether oxygens (including phenoxy) is 2. The summed E-state index contributed by atoms with van der Waals surface area (Å²) in [5, 5.41) is 0. The molecule has 1 aromatic rings. The SMILES string of the molecule is CCOC(=O)CCC(=O)c1cccc(C(=O)CCC(=O)OCC)n1. The molecule has 7 heteroatoms. The second-order valence-corrected chi connectivity index (χ2v) is 4.86. The van der Waals surface area contributed by atoms with Gasteiger partial charge in [-0.1, -0.05) is 6.07 Å². The minimum Gasteiger partial charge on any atom is -0.466 e. The maximum atomic E-state index is 12.0. The average Bonchev–Trinajstić information content (AvgIpc) is 2.58. The summed E-state index contributed by atoms with van der Waals surface area (Å²) in [6, 6.07) is 4.51. The molecule has 0 N–H and O–H groups in total. The van der Waals surface area contributed by atoms with Crippen LogP contribution in [-0.2, 0) is 19.1 Å². The molecule has 0 fully saturated rings. The van der Waals surface area contributed by atoms with E-state index < -0.39 is 11.9 Å². The van der Waals surface area contributed by atoms with Crippen LogP contribution in [0.1, 0.15) is 60.5 Å². The van der Waals surface area contributed by atoms with Crippen molar-refractivity contribution < 1.29 is 28.7 Å². The van der Waals surface area contributed by atoms with Crippen molar-refractivity contribution in [2.45, 2.75) is 39.5 Å². The Hall–Kier alpha value is -2.57. The third-order valence-corrected chi connectivity index (χ3v) is 3.04. The molecule has 0 bridgehead atoms. The van der Waals surface area contributed by atoms with Gasteiger partial charge in [0.05, 0.1) is 26.1 Å². The number of pyridine rings is 1. The number of hydrogen-bond acceptors (Lipinski definition) is 7. The van der Waals surface area contributed by atoms with Gasteiger partial charge < -0.3 is 9.47 Å². The number of ketones is 2. The van der Waals surface area contributed by atoms with Crippen LogP contribution < -0.4 is 0 Å².